The number of aryl methyl sites for hydroxylation is 1. The number of rotatable bonds is 2. The van der Waals surface area contributed by atoms with Crippen molar-refractivity contribution in [2.45, 2.75) is 42.8 Å². The van der Waals surface area contributed by atoms with Crippen molar-refractivity contribution in [2.75, 3.05) is 0 Å². The van der Waals surface area contributed by atoms with Gasteiger partial charge in [0, 0.05) is 6.42 Å². The van der Waals surface area contributed by atoms with Crippen molar-refractivity contribution in [3.8, 4) is 0 Å². The van der Waals surface area contributed by atoms with Gasteiger partial charge in [-0.25, -0.2) is 8.42 Å². The summed E-state index contributed by atoms with van der Waals surface area (Å²) < 4.78 is 23.7. The standard InChI is InChI=1S/C13H16O3S/c1-10-5-7-11(8-6-10)17(15,16)13(2)9-3-4-12(13)14/h5-8H,3-4,9H2,1-2H3. The van der Waals surface area contributed by atoms with Crippen LogP contribution >= 0.6 is 0 Å². The monoisotopic (exact) mass is 252 g/mol. The van der Waals surface area contributed by atoms with E-state index in [-0.39, 0.29) is 10.7 Å². The molecule has 0 bridgehead atoms. The average molecular weight is 252 g/mol. The normalized spacial score (nSPS) is 25.2. The van der Waals surface area contributed by atoms with Crippen molar-refractivity contribution >= 4 is 15.6 Å². The molecule has 0 aromatic heterocycles. The number of ketones is 1. The van der Waals surface area contributed by atoms with Crippen LogP contribution in [0.15, 0.2) is 29.2 Å². The van der Waals surface area contributed by atoms with Gasteiger partial charge >= 0.3 is 0 Å². The molecule has 1 aromatic rings. The van der Waals surface area contributed by atoms with Crippen molar-refractivity contribution in [1.82, 2.24) is 0 Å². The van der Waals surface area contributed by atoms with Gasteiger partial charge in [-0.15, -0.1) is 0 Å². The Morgan fingerprint density at radius 3 is 2.24 bits per heavy atom. The molecule has 0 amide bonds. The van der Waals surface area contributed by atoms with Gasteiger partial charge in [-0.2, -0.15) is 0 Å². The molecule has 1 fully saturated rings. The van der Waals surface area contributed by atoms with Crippen LogP contribution in [0.5, 0.6) is 0 Å². The number of Topliss-reactive ketones (excluding diaryl/α,β-unsaturated/α-hetero) is 1. The third-order valence-electron chi connectivity index (χ3n) is 3.57. The van der Waals surface area contributed by atoms with Crippen molar-refractivity contribution in [2.24, 2.45) is 0 Å². The molecule has 3 nitrogen and oxygen atoms in total. The number of hydrogen-bond acceptors (Lipinski definition) is 3. The Morgan fingerprint density at radius 2 is 1.76 bits per heavy atom. The quantitative estimate of drug-likeness (QED) is 0.811. The Hall–Kier alpha value is -1.16. The van der Waals surface area contributed by atoms with Gasteiger partial charge in [-0.1, -0.05) is 17.7 Å². The highest BCUT2D eigenvalue weighted by Crippen LogP contribution is 2.37. The van der Waals surface area contributed by atoms with Crippen LogP contribution in [0.3, 0.4) is 0 Å². The summed E-state index contributed by atoms with van der Waals surface area (Å²) in [5, 5.41) is 0. The Morgan fingerprint density at radius 1 is 1.18 bits per heavy atom. The molecule has 1 unspecified atom stereocenters. The molecular formula is C13H16O3S. The molecule has 2 rings (SSSR count). The lowest BCUT2D eigenvalue weighted by atomic mass is 10.1. The van der Waals surface area contributed by atoms with E-state index in [0.29, 0.717) is 19.3 Å². The molecule has 0 saturated heterocycles. The summed E-state index contributed by atoms with van der Waals surface area (Å²) >= 11 is 0. The summed E-state index contributed by atoms with van der Waals surface area (Å²) in [6, 6.07) is 6.69. The Labute approximate surface area is 102 Å². The van der Waals surface area contributed by atoms with Crippen molar-refractivity contribution in [3.05, 3.63) is 29.8 Å². The highest BCUT2D eigenvalue weighted by atomic mass is 32.2. The Balaban J connectivity index is 2.50. The van der Waals surface area contributed by atoms with E-state index in [9.17, 15) is 13.2 Å². The molecular weight excluding hydrogens is 236 g/mol. The predicted molar refractivity (Wildman–Crippen MR) is 65.6 cm³/mol. The lowest BCUT2D eigenvalue weighted by Gasteiger charge is -2.22. The first-order valence-electron chi connectivity index (χ1n) is 5.72. The fourth-order valence-electron chi connectivity index (χ4n) is 2.25. The number of carbonyl (C=O) groups excluding carboxylic acids is 1. The minimum Gasteiger partial charge on any atom is -0.298 e. The number of hydrogen-bond donors (Lipinski definition) is 0. The highest BCUT2D eigenvalue weighted by molar-refractivity contribution is 7.93. The molecule has 1 aliphatic carbocycles. The second-order valence-electron chi connectivity index (χ2n) is 4.82. The largest absolute Gasteiger partial charge is 0.298 e. The maximum atomic E-state index is 12.5. The molecule has 0 N–H and O–H groups in total. The summed E-state index contributed by atoms with van der Waals surface area (Å²) in [5.41, 5.74) is 1.01. The van der Waals surface area contributed by atoms with Crippen LogP contribution < -0.4 is 0 Å². The lowest BCUT2D eigenvalue weighted by Crippen LogP contribution is -2.39. The van der Waals surface area contributed by atoms with Gasteiger partial charge in [0.05, 0.1) is 4.90 Å². The minimum absolute atomic E-state index is 0.155. The van der Waals surface area contributed by atoms with E-state index >= 15 is 0 Å². The number of sulfone groups is 1. The summed E-state index contributed by atoms with van der Waals surface area (Å²) in [6.07, 6.45) is 1.48. The second-order valence-corrected chi connectivity index (χ2v) is 7.20. The van der Waals surface area contributed by atoms with E-state index in [1.807, 2.05) is 6.92 Å². The molecule has 0 heterocycles. The van der Waals surface area contributed by atoms with Crippen LogP contribution in [-0.2, 0) is 14.6 Å². The van der Waals surface area contributed by atoms with E-state index in [2.05, 4.69) is 0 Å². The molecule has 0 radical (unpaired) electrons. The van der Waals surface area contributed by atoms with Crippen LogP contribution in [0.25, 0.3) is 0 Å². The van der Waals surface area contributed by atoms with Gasteiger partial charge in [-0.05, 0) is 38.8 Å². The topological polar surface area (TPSA) is 51.2 Å². The van der Waals surface area contributed by atoms with Gasteiger partial charge in [-0.3, -0.25) is 4.79 Å². The van der Waals surface area contributed by atoms with Gasteiger partial charge < -0.3 is 0 Å². The predicted octanol–water partition coefficient (Wildman–Crippen LogP) is 2.28. The van der Waals surface area contributed by atoms with Crippen LogP contribution in [-0.4, -0.2) is 18.9 Å². The molecule has 0 spiro atoms. The van der Waals surface area contributed by atoms with Crippen LogP contribution in [0.2, 0.25) is 0 Å². The fraction of sp³-hybridized carbons (Fsp3) is 0.462. The third-order valence-corrected chi connectivity index (χ3v) is 6.08. The summed E-state index contributed by atoms with van der Waals surface area (Å²) in [5.74, 6) is -0.155. The zero-order chi connectivity index (χ0) is 12.7. The maximum absolute atomic E-state index is 12.5. The first kappa shape index (κ1) is 12.3. The maximum Gasteiger partial charge on any atom is 0.190 e. The minimum atomic E-state index is -3.55. The van der Waals surface area contributed by atoms with Crippen molar-refractivity contribution in [3.63, 3.8) is 0 Å². The molecule has 1 aromatic carbocycles. The number of benzene rings is 1. The molecule has 4 heteroatoms. The number of carbonyl (C=O) groups is 1. The molecule has 1 aliphatic rings. The lowest BCUT2D eigenvalue weighted by molar-refractivity contribution is -0.119. The van der Waals surface area contributed by atoms with E-state index < -0.39 is 14.6 Å². The van der Waals surface area contributed by atoms with E-state index in [0.717, 1.165) is 5.56 Å². The van der Waals surface area contributed by atoms with Crippen molar-refractivity contribution in [1.29, 1.82) is 0 Å². The molecule has 92 valence electrons. The van der Waals surface area contributed by atoms with E-state index in [1.165, 1.54) is 0 Å². The van der Waals surface area contributed by atoms with Crippen molar-refractivity contribution < 1.29 is 13.2 Å². The Kier molecular flexibility index (Phi) is 2.86. The van der Waals surface area contributed by atoms with Crippen LogP contribution in [0.4, 0.5) is 0 Å². The highest BCUT2D eigenvalue weighted by Gasteiger charge is 2.49. The second kappa shape index (κ2) is 3.95. The third kappa shape index (κ3) is 1.80. The van der Waals surface area contributed by atoms with Crippen LogP contribution in [0.1, 0.15) is 31.7 Å². The van der Waals surface area contributed by atoms with E-state index in [4.69, 9.17) is 0 Å². The Bertz CT molecular complexity index is 543. The van der Waals surface area contributed by atoms with Crippen LogP contribution in [0, 0.1) is 6.92 Å². The fourth-order valence-corrected chi connectivity index (χ4v) is 4.08. The molecule has 17 heavy (non-hydrogen) atoms. The SMILES string of the molecule is Cc1ccc(S(=O)(=O)C2(C)CCCC2=O)cc1. The summed E-state index contributed by atoms with van der Waals surface area (Å²) in [4.78, 5) is 12.1. The summed E-state index contributed by atoms with van der Waals surface area (Å²) in [7, 11) is -3.55. The zero-order valence-corrected chi connectivity index (χ0v) is 10.9. The van der Waals surface area contributed by atoms with Gasteiger partial charge in [0.2, 0.25) is 0 Å². The zero-order valence-electron chi connectivity index (χ0n) is 10.1. The van der Waals surface area contributed by atoms with Gasteiger partial charge in [0.1, 0.15) is 4.75 Å². The van der Waals surface area contributed by atoms with E-state index in [1.54, 1.807) is 31.2 Å². The van der Waals surface area contributed by atoms with Gasteiger partial charge in [0.15, 0.2) is 15.6 Å². The molecule has 1 atom stereocenters. The average Bonchev–Trinajstić information content (AvgIpc) is 2.61. The first-order chi connectivity index (χ1) is 7.88. The first-order valence-corrected chi connectivity index (χ1v) is 7.21. The molecule has 0 aliphatic heterocycles. The van der Waals surface area contributed by atoms with Gasteiger partial charge in [0.25, 0.3) is 0 Å². The molecule has 1 saturated carbocycles. The smallest absolute Gasteiger partial charge is 0.190 e. The summed E-state index contributed by atoms with van der Waals surface area (Å²) in [6.45, 7) is 3.45.